The van der Waals surface area contributed by atoms with Gasteiger partial charge in [-0.1, -0.05) is 0 Å². The molecule has 0 aliphatic rings. The van der Waals surface area contributed by atoms with Crippen molar-refractivity contribution in [1.29, 1.82) is 10.5 Å². The third-order valence-corrected chi connectivity index (χ3v) is 1.75. The number of hydrogen-bond donors (Lipinski definition) is 3. The fourth-order valence-corrected chi connectivity index (χ4v) is 1.02. The first-order valence-electron chi connectivity index (χ1n) is 3.86. The Kier molecular flexibility index (Phi) is 2.80. The highest BCUT2D eigenvalue weighted by Gasteiger charge is 2.13. The van der Waals surface area contributed by atoms with E-state index in [0.717, 1.165) is 12.1 Å². The summed E-state index contributed by atoms with van der Waals surface area (Å²) in [6, 6.07) is 5.68. The third kappa shape index (κ3) is 1.82. The van der Waals surface area contributed by atoms with E-state index in [1.807, 2.05) is 0 Å². The predicted molar refractivity (Wildman–Crippen MR) is 50.6 cm³/mol. The normalized spacial score (nSPS) is 10.4. The number of allylic oxidation sites excluding steroid dienone is 2. The van der Waals surface area contributed by atoms with Gasteiger partial charge in [0.2, 0.25) is 5.75 Å². The molecule has 5 heteroatoms. The molecule has 0 atom stereocenters. The average Bonchev–Trinajstić information content (AvgIpc) is 2.24. The van der Waals surface area contributed by atoms with Crippen LogP contribution in [0.2, 0.25) is 0 Å². The quantitative estimate of drug-likeness (QED) is 0.468. The van der Waals surface area contributed by atoms with E-state index < -0.39 is 17.2 Å². The van der Waals surface area contributed by atoms with Crippen LogP contribution in [-0.2, 0) is 0 Å². The average molecular weight is 202 g/mol. The SMILES string of the molecule is N#C/C=C(\C#N)c1ccc(O)c(O)c1O. The number of phenols is 3. The number of nitrogens with zero attached hydrogens (tertiary/aromatic N) is 2. The van der Waals surface area contributed by atoms with Gasteiger partial charge in [0.15, 0.2) is 11.5 Å². The molecule has 0 saturated carbocycles. The van der Waals surface area contributed by atoms with Crippen molar-refractivity contribution in [3.05, 3.63) is 23.8 Å². The molecule has 3 N–H and O–H groups in total. The zero-order valence-electron chi connectivity index (χ0n) is 7.47. The molecule has 0 bridgehead atoms. The Morgan fingerprint density at radius 2 is 1.80 bits per heavy atom. The van der Waals surface area contributed by atoms with E-state index in [1.165, 1.54) is 6.07 Å². The van der Waals surface area contributed by atoms with Crippen molar-refractivity contribution in [2.75, 3.05) is 0 Å². The molecule has 0 unspecified atom stereocenters. The Morgan fingerprint density at radius 1 is 1.13 bits per heavy atom. The summed E-state index contributed by atoms with van der Waals surface area (Å²) in [6.45, 7) is 0. The molecule has 0 radical (unpaired) electrons. The van der Waals surface area contributed by atoms with Crippen LogP contribution < -0.4 is 0 Å². The van der Waals surface area contributed by atoms with Crippen LogP contribution in [-0.4, -0.2) is 15.3 Å². The van der Waals surface area contributed by atoms with Gasteiger partial charge in [-0.25, -0.2) is 0 Å². The van der Waals surface area contributed by atoms with E-state index >= 15 is 0 Å². The lowest BCUT2D eigenvalue weighted by Gasteiger charge is -2.05. The minimum absolute atomic E-state index is 0.00523. The third-order valence-electron chi connectivity index (χ3n) is 1.75. The smallest absolute Gasteiger partial charge is 0.200 e. The lowest BCUT2D eigenvalue weighted by Crippen LogP contribution is -1.83. The summed E-state index contributed by atoms with van der Waals surface area (Å²) in [5, 5.41) is 44.7. The molecule has 15 heavy (non-hydrogen) atoms. The van der Waals surface area contributed by atoms with E-state index in [-0.39, 0.29) is 11.1 Å². The summed E-state index contributed by atoms with van der Waals surface area (Å²) in [4.78, 5) is 0. The van der Waals surface area contributed by atoms with Crippen molar-refractivity contribution in [1.82, 2.24) is 0 Å². The molecule has 0 aromatic heterocycles. The summed E-state index contributed by atoms with van der Waals surface area (Å²) in [5.74, 6) is -1.84. The molecule has 5 nitrogen and oxygen atoms in total. The molecule has 1 aromatic rings. The van der Waals surface area contributed by atoms with Crippen molar-refractivity contribution >= 4 is 5.57 Å². The molecule has 0 aliphatic heterocycles. The van der Waals surface area contributed by atoms with Gasteiger partial charge in [0.05, 0.1) is 11.6 Å². The highest BCUT2D eigenvalue weighted by molar-refractivity contribution is 5.83. The maximum Gasteiger partial charge on any atom is 0.200 e. The lowest BCUT2D eigenvalue weighted by atomic mass is 10.0. The van der Waals surface area contributed by atoms with Crippen molar-refractivity contribution in [2.24, 2.45) is 0 Å². The van der Waals surface area contributed by atoms with Crippen LogP contribution in [0.5, 0.6) is 17.2 Å². The zero-order chi connectivity index (χ0) is 11.4. The highest BCUT2D eigenvalue weighted by Crippen LogP contribution is 2.39. The molecular weight excluding hydrogens is 196 g/mol. The number of rotatable bonds is 1. The maximum atomic E-state index is 9.40. The van der Waals surface area contributed by atoms with Crippen LogP contribution in [0.1, 0.15) is 5.56 Å². The van der Waals surface area contributed by atoms with Gasteiger partial charge in [0.1, 0.15) is 6.07 Å². The van der Waals surface area contributed by atoms with E-state index in [4.69, 9.17) is 15.6 Å². The number of aromatic hydroxyl groups is 3. The van der Waals surface area contributed by atoms with Crippen LogP contribution in [0, 0.1) is 22.7 Å². The Bertz CT molecular complexity index is 507. The molecule has 0 heterocycles. The Balaban J connectivity index is 3.42. The maximum absolute atomic E-state index is 9.40. The molecular formula is C10H6N2O3. The van der Waals surface area contributed by atoms with Crippen LogP contribution >= 0.6 is 0 Å². The van der Waals surface area contributed by atoms with Gasteiger partial charge in [0, 0.05) is 11.6 Å². The fourth-order valence-electron chi connectivity index (χ4n) is 1.02. The van der Waals surface area contributed by atoms with Crippen molar-refractivity contribution in [3.8, 4) is 29.4 Å². The first-order chi connectivity index (χ1) is 7.11. The Hall–Kier alpha value is -2.66. The summed E-state index contributed by atoms with van der Waals surface area (Å²) < 4.78 is 0. The van der Waals surface area contributed by atoms with Crippen molar-refractivity contribution in [3.63, 3.8) is 0 Å². The van der Waals surface area contributed by atoms with Crippen LogP contribution in [0.3, 0.4) is 0 Å². The molecule has 0 spiro atoms. The summed E-state index contributed by atoms with van der Waals surface area (Å²) in [5.41, 5.74) is -0.0975. The molecule has 0 amide bonds. The monoisotopic (exact) mass is 202 g/mol. The van der Waals surface area contributed by atoms with Gasteiger partial charge < -0.3 is 15.3 Å². The van der Waals surface area contributed by atoms with Gasteiger partial charge in [-0.2, -0.15) is 10.5 Å². The Morgan fingerprint density at radius 3 is 2.33 bits per heavy atom. The molecule has 0 saturated heterocycles. The lowest BCUT2D eigenvalue weighted by molar-refractivity contribution is 0.367. The standard InChI is InChI=1S/C10H6N2O3/c11-4-3-6(5-12)7-1-2-8(13)10(15)9(7)14/h1-3,13-15H/b6-3+. The van der Waals surface area contributed by atoms with Crippen molar-refractivity contribution in [2.45, 2.75) is 0 Å². The van der Waals surface area contributed by atoms with Gasteiger partial charge in [-0.3, -0.25) is 0 Å². The van der Waals surface area contributed by atoms with E-state index in [2.05, 4.69) is 0 Å². The van der Waals surface area contributed by atoms with Gasteiger partial charge in [-0.05, 0) is 12.1 Å². The second kappa shape index (κ2) is 4.03. The number of benzene rings is 1. The number of phenolic OH excluding ortho intramolecular Hbond substituents is 3. The largest absolute Gasteiger partial charge is 0.504 e. The minimum Gasteiger partial charge on any atom is -0.504 e. The predicted octanol–water partition coefficient (Wildman–Crippen LogP) is 1.23. The number of nitriles is 2. The molecule has 74 valence electrons. The first kappa shape index (κ1) is 10.4. The highest BCUT2D eigenvalue weighted by atomic mass is 16.3. The van der Waals surface area contributed by atoms with Crippen LogP contribution in [0.15, 0.2) is 18.2 Å². The van der Waals surface area contributed by atoms with E-state index in [9.17, 15) is 10.2 Å². The fraction of sp³-hybridized carbons (Fsp3) is 0. The van der Waals surface area contributed by atoms with Crippen molar-refractivity contribution < 1.29 is 15.3 Å². The first-order valence-corrected chi connectivity index (χ1v) is 3.86. The second-order valence-corrected chi connectivity index (χ2v) is 2.63. The molecule has 0 aliphatic carbocycles. The van der Waals surface area contributed by atoms with E-state index in [0.29, 0.717) is 0 Å². The van der Waals surface area contributed by atoms with Crippen LogP contribution in [0.4, 0.5) is 0 Å². The topological polar surface area (TPSA) is 108 Å². The van der Waals surface area contributed by atoms with Gasteiger partial charge >= 0.3 is 0 Å². The second-order valence-electron chi connectivity index (χ2n) is 2.63. The summed E-state index contributed by atoms with van der Waals surface area (Å²) in [7, 11) is 0. The summed E-state index contributed by atoms with van der Waals surface area (Å²) >= 11 is 0. The number of hydrogen-bond acceptors (Lipinski definition) is 5. The zero-order valence-corrected chi connectivity index (χ0v) is 7.47. The molecule has 1 rings (SSSR count). The summed E-state index contributed by atoms with van der Waals surface area (Å²) in [6.07, 6.45) is 0.936. The van der Waals surface area contributed by atoms with E-state index in [1.54, 1.807) is 12.1 Å². The molecule has 1 aromatic carbocycles. The Labute approximate surface area is 85.4 Å². The van der Waals surface area contributed by atoms with Gasteiger partial charge in [0.25, 0.3) is 0 Å². The minimum atomic E-state index is -0.716. The van der Waals surface area contributed by atoms with Gasteiger partial charge in [-0.15, -0.1) is 0 Å². The molecule has 0 fully saturated rings. The van der Waals surface area contributed by atoms with Crippen LogP contribution in [0.25, 0.3) is 5.57 Å².